The molecule has 0 fully saturated rings. The Bertz CT molecular complexity index is 1640. The van der Waals surface area contributed by atoms with Crippen molar-refractivity contribution in [2.75, 3.05) is 30.8 Å². The first kappa shape index (κ1) is 14.3. The summed E-state index contributed by atoms with van der Waals surface area (Å²) in [6, 6.07) is 14.4. The molecule has 0 spiro atoms. The number of sulfonamides is 1. The summed E-state index contributed by atoms with van der Waals surface area (Å²) in [5.41, 5.74) is 1.42. The zero-order valence-corrected chi connectivity index (χ0v) is 19.5. The minimum Gasteiger partial charge on any atom is -0.372 e. The van der Waals surface area contributed by atoms with Gasteiger partial charge in [0.05, 0.1) is 26.6 Å². The van der Waals surface area contributed by atoms with Crippen LogP contribution in [0.25, 0.3) is 22.5 Å². The third-order valence-corrected chi connectivity index (χ3v) is 4.89. The Morgan fingerprint density at radius 1 is 1.09 bits per heavy atom. The van der Waals surface area contributed by atoms with Crippen molar-refractivity contribution in [3.05, 3.63) is 66.9 Å². The van der Waals surface area contributed by atoms with E-state index in [2.05, 4.69) is 9.97 Å². The van der Waals surface area contributed by atoms with E-state index in [0.29, 0.717) is 17.4 Å². The number of carbonyl (C=O) groups is 1. The van der Waals surface area contributed by atoms with Crippen LogP contribution in [0.2, 0.25) is 0 Å². The van der Waals surface area contributed by atoms with Crippen LogP contribution in [-0.4, -0.2) is 56.3 Å². The molecule has 0 unspecified atom stereocenters. The average molecular weight is 509 g/mol. The van der Waals surface area contributed by atoms with Crippen LogP contribution in [0.1, 0.15) is 42.9 Å². The van der Waals surface area contributed by atoms with Crippen LogP contribution in [0.3, 0.4) is 0 Å². The number of aromatic nitrogens is 2. The first-order chi connectivity index (χ1) is 21.4. The minimum atomic E-state index is -4.19. The molecule has 186 valence electrons. The number of amides is 1. The molecule has 35 heavy (non-hydrogen) atoms. The van der Waals surface area contributed by atoms with Crippen LogP contribution in [0, 0.1) is 0 Å². The molecule has 1 amide bonds. The van der Waals surface area contributed by atoms with E-state index in [1.165, 1.54) is 4.72 Å². The highest BCUT2D eigenvalue weighted by Crippen LogP contribution is 2.30. The molecule has 0 bridgehead atoms. The summed E-state index contributed by atoms with van der Waals surface area (Å²) in [6.07, 6.45) is -2.74. The van der Waals surface area contributed by atoms with E-state index >= 15 is 0 Å². The molecule has 2 aromatic carbocycles. The van der Waals surface area contributed by atoms with Crippen molar-refractivity contribution in [2.24, 2.45) is 0 Å². The van der Waals surface area contributed by atoms with Crippen molar-refractivity contribution in [3.63, 3.8) is 0 Å². The van der Waals surface area contributed by atoms with Gasteiger partial charge in [0, 0.05) is 44.0 Å². The zero-order chi connectivity index (χ0) is 35.6. The minimum absolute atomic E-state index is 0.110. The van der Waals surface area contributed by atoms with E-state index in [1.54, 1.807) is 60.7 Å². The monoisotopic (exact) mass is 508 g/mol. The van der Waals surface area contributed by atoms with Gasteiger partial charge in [-0.2, -0.15) is 0 Å². The summed E-state index contributed by atoms with van der Waals surface area (Å²) in [5.74, 6) is -2.35. The lowest BCUT2D eigenvalue weighted by atomic mass is 10.0. The van der Waals surface area contributed by atoms with Crippen molar-refractivity contribution in [2.45, 2.75) is 32.5 Å². The standard InChI is InChI=1S/C26H32N4O4S/c1-20(2)30(16-10-11-17-34-19-24(31)29-35(3,32)33)23-18-27-25(21-12-6-4-7-13-21)26(28-23)22-14-8-5-9-15-22/h4-9,12-15,18,20H,10-11,16-17,19H2,1-3H3,(H,29,31)/i1D3,2D3,10D2,16D2,19D2. The number of ether oxygens (including phenoxy) is 1. The second-order valence-electron chi connectivity index (χ2n) is 7.12. The summed E-state index contributed by atoms with van der Waals surface area (Å²) < 4.78 is 128. The summed E-state index contributed by atoms with van der Waals surface area (Å²) in [7, 11) is -4.19. The normalized spacial score (nSPS) is 18.5. The third-order valence-electron chi connectivity index (χ3n) is 4.33. The highest BCUT2D eigenvalue weighted by atomic mass is 32.2. The van der Waals surface area contributed by atoms with Crippen LogP contribution < -0.4 is 9.62 Å². The van der Waals surface area contributed by atoms with Gasteiger partial charge in [-0.15, -0.1) is 0 Å². The molecule has 1 heterocycles. The molecular weight excluding hydrogens is 464 g/mol. The fraction of sp³-hybridized carbons (Fsp3) is 0.346. The fourth-order valence-corrected chi connectivity index (χ4v) is 3.28. The maximum atomic E-state index is 12.0. The van der Waals surface area contributed by atoms with E-state index in [9.17, 15) is 13.2 Å². The highest BCUT2D eigenvalue weighted by molar-refractivity contribution is 7.89. The SMILES string of the molecule is [2H]C([2H])(OCCC([2H])([2H])C([2H])([2H])N(c1cnc(-c2ccccc2)c(-c2ccccc2)n1)C(C([2H])([2H])[2H])C([2H])([2H])[2H])C(=O)NS(C)(=O)=O. The summed E-state index contributed by atoms with van der Waals surface area (Å²) >= 11 is 0. The van der Waals surface area contributed by atoms with Crippen LogP contribution in [0.15, 0.2) is 66.9 Å². The number of benzene rings is 2. The molecule has 9 heteroatoms. The molecule has 3 rings (SSSR count). The van der Waals surface area contributed by atoms with Crippen molar-refractivity contribution < 1.29 is 34.4 Å². The Morgan fingerprint density at radius 2 is 1.71 bits per heavy atom. The molecule has 3 aromatic rings. The number of nitrogens with one attached hydrogen (secondary N) is 1. The van der Waals surface area contributed by atoms with Gasteiger partial charge in [0.2, 0.25) is 10.0 Å². The van der Waals surface area contributed by atoms with Crippen molar-refractivity contribution in [1.82, 2.24) is 14.7 Å². The number of carbonyl (C=O) groups excluding carboxylic acids is 1. The number of hydrogen-bond acceptors (Lipinski definition) is 7. The molecule has 0 radical (unpaired) electrons. The Kier molecular flexibility index (Phi) is 5.08. The quantitative estimate of drug-likeness (QED) is 0.396. The maximum Gasteiger partial charge on any atom is 0.259 e. The van der Waals surface area contributed by atoms with Gasteiger partial charge >= 0.3 is 0 Å². The summed E-state index contributed by atoms with van der Waals surface area (Å²) in [4.78, 5) is 21.1. The van der Waals surface area contributed by atoms with Crippen molar-refractivity contribution in [3.8, 4) is 22.5 Å². The van der Waals surface area contributed by atoms with Gasteiger partial charge in [-0.05, 0) is 26.5 Å². The molecule has 1 aromatic heterocycles. The van der Waals surface area contributed by atoms with E-state index in [4.69, 9.17) is 21.2 Å². The van der Waals surface area contributed by atoms with Gasteiger partial charge in [-0.3, -0.25) is 14.5 Å². The lowest BCUT2D eigenvalue weighted by Crippen LogP contribution is -2.33. The number of rotatable bonds is 12. The number of nitrogens with zero attached hydrogens (tertiary/aromatic N) is 3. The lowest BCUT2D eigenvalue weighted by Gasteiger charge is -2.28. The Hall–Kier alpha value is -3.30. The molecular formula is C26H32N4O4S. The van der Waals surface area contributed by atoms with E-state index < -0.39 is 74.0 Å². The van der Waals surface area contributed by atoms with Crippen LogP contribution in [0.4, 0.5) is 5.82 Å². The van der Waals surface area contributed by atoms with Crippen LogP contribution >= 0.6 is 0 Å². The summed E-state index contributed by atoms with van der Waals surface area (Å²) in [5, 5.41) is 0. The smallest absolute Gasteiger partial charge is 0.259 e. The topological polar surface area (TPSA) is 101 Å². The predicted octanol–water partition coefficient (Wildman–Crippen LogP) is 3.90. The molecule has 0 aliphatic heterocycles. The number of anilines is 1. The molecule has 0 aliphatic rings. The van der Waals surface area contributed by atoms with E-state index in [-0.39, 0.29) is 16.3 Å². The van der Waals surface area contributed by atoms with E-state index in [1.807, 2.05) is 0 Å². The van der Waals surface area contributed by atoms with Gasteiger partial charge in [0.25, 0.3) is 5.91 Å². The van der Waals surface area contributed by atoms with Gasteiger partial charge in [-0.1, -0.05) is 60.7 Å². The highest BCUT2D eigenvalue weighted by Gasteiger charge is 2.17. The summed E-state index contributed by atoms with van der Waals surface area (Å²) in [6.45, 7) is -14.7. The van der Waals surface area contributed by atoms with Gasteiger partial charge in [0.15, 0.2) is 0 Å². The lowest BCUT2D eigenvalue weighted by molar-refractivity contribution is -0.123. The zero-order valence-electron chi connectivity index (χ0n) is 30.7. The van der Waals surface area contributed by atoms with Gasteiger partial charge < -0.3 is 9.64 Å². The van der Waals surface area contributed by atoms with Crippen LogP contribution in [-0.2, 0) is 19.6 Å². The first-order valence-corrected chi connectivity index (χ1v) is 12.2. The van der Waals surface area contributed by atoms with Gasteiger partial charge in [-0.25, -0.2) is 13.4 Å². The van der Waals surface area contributed by atoms with E-state index in [0.717, 1.165) is 6.20 Å². The molecule has 0 saturated carbocycles. The van der Waals surface area contributed by atoms with Crippen LogP contribution in [0.5, 0.6) is 0 Å². The Balaban J connectivity index is 2.17. The predicted molar refractivity (Wildman–Crippen MR) is 138 cm³/mol. The fourth-order valence-electron chi connectivity index (χ4n) is 2.90. The Morgan fingerprint density at radius 3 is 2.31 bits per heavy atom. The second-order valence-corrected chi connectivity index (χ2v) is 8.87. The first-order valence-electron chi connectivity index (χ1n) is 16.3. The largest absolute Gasteiger partial charge is 0.372 e. The third kappa shape index (κ3) is 8.15. The number of hydrogen-bond donors (Lipinski definition) is 1. The Labute approximate surface area is 224 Å². The van der Waals surface area contributed by atoms with Gasteiger partial charge in [0.1, 0.15) is 12.4 Å². The molecule has 1 N–H and O–H groups in total. The molecule has 8 nitrogen and oxygen atoms in total. The average Bonchev–Trinajstić information content (AvgIpc) is 2.94. The van der Waals surface area contributed by atoms with Crippen molar-refractivity contribution >= 4 is 21.7 Å². The molecule has 0 saturated heterocycles. The maximum absolute atomic E-state index is 12.0. The second kappa shape index (κ2) is 12.4. The molecule has 0 aliphatic carbocycles. The van der Waals surface area contributed by atoms with Crippen molar-refractivity contribution in [1.29, 1.82) is 0 Å². The molecule has 0 atom stereocenters.